The fourth-order valence-corrected chi connectivity index (χ4v) is 6.99. The number of nitrogens with one attached hydrogen (secondary N) is 1. The monoisotopic (exact) mass is 809 g/mol. The van der Waals surface area contributed by atoms with Gasteiger partial charge in [0, 0.05) is 18.4 Å². The Morgan fingerprint density at radius 1 is 0.873 bits per heavy atom. The molecule has 316 valence electrons. The maximum Gasteiger partial charge on any atom is 0.326 e. The highest BCUT2D eigenvalue weighted by molar-refractivity contribution is 7.98. The smallest absolute Gasteiger partial charge is 0.326 e. The van der Waals surface area contributed by atoms with Crippen LogP contribution in [0.15, 0.2) is 42.5 Å². The van der Waals surface area contributed by atoms with Gasteiger partial charge in [-0.2, -0.15) is 11.8 Å². The zero-order chi connectivity index (χ0) is 42.4. The lowest BCUT2D eigenvalue weighted by atomic mass is 9.91. The van der Waals surface area contributed by atoms with Crippen LogP contribution in [0.1, 0.15) is 141 Å². The maximum absolute atomic E-state index is 13.1. The molecular formula is C44H76N2O7S2. The van der Waals surface area contributed by atoms with E-state index in [0.717, 1.165) is 48.5 Å². The summed E-state index contributed by atoms with van der Waals surface area (Å²) in [6.45, 7) is 21.2. The van der Waals surface area contributed by atoms with Crippen molar-refractivity contribution in [2.45, 2.75) is 139 Å². The molecule has 0 spiro atoms. The summed E-state index contributed by atoms with van der Waals surface area (Å²) in [5.74, 6) is -1.21. The van der Waals surface area contributed by atoms with Gasteiger partial charge in [-0.3, -0.25) is 14.5 Å². The van der Waals surface area contributed by atoms with Crippen LogP contribution >= 0.6 is 11.8 Å². The standard InChI is InChI=1S/C24H30N2O3S.C7H14.C6H12O4S.C3H8.2C2H6/c1-17-7-3-4-8-19(17)21-15-18(16-26-12-5-6-13-26)9-10-20(21)23(27)25-22(24(28)29)11-14-30-2;1-7-5-3-2-4-6-7;1-5(6(7)8)3-4-11(2,9)10;1-3-2;2*1-2/h3-4,7-10,15,22H,5-6,11-14,16H2,1-2H3,(H,25,27)(H,28,29);7H,2-6H2,1H3;5H,3-4H2,1-2H3,(H,7,8);3H2,1-2H3;2*1-2H3. The van der Waals surface area contributed by atoms with Gasteiger partial charge in [-0.25, -0.2) is 13.2 Å². The molecule has 2 atom stereocenters. The first-order valence-electron chi connectivity index (χ1n) is 20.5. The second kappa shape index (κ2) is 32.2. The van der Waals surface area contributed by atoms with Gasteiger partial charge < -0.3 is 15.5 Å². The lowest BCUT2D eigenvalue weighted by Crippen LogP contribution is -2.41. The van der Waals surface area contributed by atoms with Crippen molar-refractivity contribution in [3.05, 3.63) is 59.2 Å². The maximum atomic E-state index is 13.1. The summed E-state index contributed by atoms with van der Waals surface area (Å²) in [5.41, 5.74) is 4.63. The van der Waals surface area contributed by atoms with Crippen molar-refractivity contribution in [2.24, 2.45) is 11.8 Å². The highest BCUT2D eigenvalue weighted by Gasteiger charge is 2.23. The molecule has 2 unspecified atom stereocenters. The van der Waals surface area contributed by atoms with Gasteiger partial charge in [0.15, 0.2) is 0 Å². The van der Waals surface area contributed by atoms with Gasteiger partial charge in [-0.1, -0.05) is 124 Å². The summed E-state index contributed by atoms with van der Waals surface area (Å²) in [4.78, 5) is 37.3. The average Bonchev–Trinajstić information content (AvgIpc) is 3.68. The number of hydrogen-bond donors (Lipinski definition) is 3. The SMILES string of the molecule is CC.CC.CC(CCS(C)(=O)=O)C(=O)O.CC1CCCCC1.CCC.CSCCC(NC(=O)c1ccc(CN2CCCC2)cc1-c1ccccc1C)C(=O)O. The molecule has 0 bridgehead atoms. The number of benzene rings is 2. The van der Waals surface area contributed by atoms with E-state index in [2.05, 4.69) is 37.1 Å². The van der Waals surface area contributed by atoms with E-state index >= 15 is 0 Å². The van der Waals surface area contributed by atoms with Crippen molar-refractivity contribution in [3.8, 4) is 11.1 Å². The fraction of sp³-hybridized carbons (Fsp3) is 0.659. The van der Waals surface area contributed by atoms with E-state index in [0.29, 0.717) is 17.7 Å². The predicted octanol–water partition coefficient (Wildman–Crippen LogP) is 10.4. The first-order valence-corrected chi connectivity index (χ1v) is 23.9. The normalized spacial score (nSPS) is 14.9. The zero-order valence-corrected chi connectivity index (χ0v) is 37.7. The summed E-state index contributed by atoms with van der Waals surface area (Å²) < 4.78 is 21.1. The summed E-state index contributed by atoms with van der Waals surface area (Å²) in [6, 6.07) is 13.0. The quantitative estimate of drug-likeness (QED) is 0.180. The molecule has 0 aromatic heterocycles. The summed E-state index contributed by atoms with van der Waals surface area (Å²) in [5, 5.41) is 20.6. The van der Waals surface area contributed by atoms with Crippen molar-refractivity contribution >= 4 is 39.4 Å². The van der Waals surface area contributed by atoms with Crippen molar-refractivity contribution in [2.75, 3.05) is 37.1 Å². The number of sulfone groups is 1. The number of aryl methyl sites for hydroxylation is 1. The van der Waals surface area contributed by atoms with Crippen LogP contribution in [0.25, 0.3) is 11.1 Å². The van der Waals surface area contributed by atoms with E-state index in [4.69, 9.17) is 5.11 Å². The van der Waals surface area contributed by atoms with E-state index < -0.39 is 33.7 Å². The molecule has 1 amide bonds. The first kappa shape index (κ1) is 54.2. The third-order valence-corrected chi connectivity index (χ3v) is 10.4. The zero-order valence-electron chi connectivity index (χ0n) is 36.1. The van der Waals surface area contributed by atoms with Crippen LogP contribution in [-0.2, 0) is 26.0 Å². The van der Waals surface area contributed by atoms with Gasteiger partial charge in [0.25, 0.3) is 5.91 Å². The Bertz CT molecular complexity index is 1440. The number of carbonyl (C=O) groups is 3. The molecule has 9 nitrogen and oxygen atoms in total. The Hall–Kier alpha value is -2.89. The number of aliphatic carboxylic acids is 2. The van der Waals surface area contributed by atoms with E-state index in [1.807, 2.05) is 77.3 Å². The highest BCUT2D eigenvalue weighted by atomic mass is 32.2. The molecule has 4 rings (SSSR count). The molecule has 1 aliphatic heterocycles. The summed E-state index contributed by atoms with van der Waals surface area (Å²) in [7, 11) is -3.02. The number of thioether (sulfide) groups is 1. The number of carboxylic acids is 2. The molecule has 55 heavy (non-hydrogen) atoms. The van der Waals surface area contributed by atoms with E-state index in [9.17, 15) is 27.9 Å². The average molecular weight is 809 g/mol. The van der Waals surface area contributed by atoms with E-state index in [-0.39, 0.29) is 18.1 Å². The lowest BCUT2D eigenvalue weighted by molar-refractivity contribution is -0.141. The molecule has 2 aliphatic rings. The Morgan fingerprint density at radius 2 is 1.44 bits per heavy atom. The topological polar surface area (TPSA) is 141 Å². The molecule has 2 aromatic rings. The van der Waals surface area contributed by atoms with Crippen molar-refractivity contribution in [3.63, 3.8) is 0 Å². The predicted molar refractivity (Wildman–Crippen MR) is 235 cm³/mol. The van der Waals surface area contributed by atoms with Gasteiger partial charge >= 0.3 is 11.9 Å². The minimum atomic E-state index is -3.02. The summed E-state index contributed by atoms with van der Waals surface area (Å²) in [6.07, 6.45) is 14.8. The van der Waals surface area contributed by atoms with Crippen molar-refractivity contribution in [1.82, 2.24) is 10.2 Å². The van der Waals surface area contributed by atoms with Gasteiger partial charge in [0.2, 0.25) is 0 Å². The fourth-order valence-electron chi connectivity index (χ4n) is 5.73. The molecule has 1 heterocycles. The Balaban J connectivity index is 0. The molecule has 2 aromatic carbocycles. The third kappa shape index (κ3) is 25.1. The van der Waals surface area contributed by atoms with Crippen LogP contribution in [0.2, 0.25) is 0 Å². The molecule has 1 saturated heterocycles. The first-order chi connectivity index (χ1) is 26.1. The minimum absolute atomic E-state index is 0.0551. The number of carbonyl (C=O) groups excluding carboxylic acids is 1. The van der Waals surface area contributed by atoms with Gasteiger partial charge in [-0.15, -0.1) is 0 Å². The number of carboxylic acid groups (broad SMARTS) is 2. The molecule has 2 fully saturated rings. The second-order valence-electron chi connectivity index (χ2n) is 13.9. The van der Waals surface area contributed by atoms with Crippen LogP contribution in [0, 0.1) is 18.8 Å². The van der Waals surface area contributed by atoms with Gasteiger partial charge in [0.05, 0.1) is 11.7 Å². The lowest BCUT2D eigenvalue weighted by Gasteiger charge is -2.19. The van der Waals surface area contributed by atoms with Crippen LogP contribution in [0.3, 0.4) is 0 Å². The number of rotatable bonds is 13. The van der Waals surface area contributed by atoms with E-state index in [1.165, 1.54) is 63.9 Å². The molecule has 3 N–H and O–H groups in total. The number of nitrogens with zero attached hydrogens (tertiary/aromatic N) is 1. The van der Waals surface area contributed by atoms with Crippen LogP contribution in [-0.4, -0.2) is 84.5 Å². The highest BCUT2D eigenvalue weighted by Crippen LogP contribution is 2.29. The number of hydrogen-bond acceptors (Lipinski definition) is 7. The van der Waals surface area contributed by atoms with Crippen LogP contribution in [0.5, 0.6) is 0 Å². The minimum Gasteiger partial charge on any atom is -0.481 e. The van der Waals surface area contributed by atoms with E-state index in [1.54, 1.807) is 11.8 Å². The van der Waals surface area contributed by atoms with Gasteiger partial charge in [-0.05, 0) is 98.0 Å². The molecule has 1 aliphatic carbocycles. The van der Waals surface area contributed by atoms with Crippen molar-refractivity contribution in [1.29, 1.82) is 0 Å². The Kier molecular flexibility index (Phi) is 31.8. The summed E-state index contributed by atoms with van der Waals surface area (Å²) >= 11 is 1.57. The Labute approximate surface area is 339 Å². The largest absolute Gasteiger partial charge is 0.481 e. The molecule has 11 heteroatoms. The number of likely N-dealkylation sites (tertiary alicyclic amines) is 1. The Morgan fingerprint density at radius 3 is 1.89 bits per heavy atom. The van der Waals surface area contributed by atoms with Crippen LogP contribution in [0.4, 0.5) is 0 Å². The van der Waals surface area contributed by atoms with Crippen molar-refractivity contribution < 1.29 is 33.0 Å². The van der Waals surface area contributed by atoms with Crippen LogP contribution < -0.4 is 5.32 Å². The second-order valence-corrected chi connectivity index (χ2v) is 17.2. The number of amides is 1. The molecule has 0 radical (unpaired) electrons. The third-order valence-electron chi connectivity index (χ3n) is 8.82. The molecule has 1 saturated carbocycles. The van der Waals surface area contributed by atoms with Gasteiger partial charge in [0.1, 0.15) is 15.9 Å². The molecular weight excluding hydrogens is 733 g/mol.